The van der Waals surface area contributed by atoms with E-state index in [0.29, 0.717) is 10.8 Å². The second kappa shape index (κ2) is 5.95. The van der Waals surface area contributed by atoms with E-state index >= 15 is 0 Å². The van der Waals surface area contributed by atoms with Crippen LogP contribution in [0.15, 0.2) is 12.1 Å². The highest BCUT2D eigenvalue weighted by Gasteiger charge is 2.26. The molecule has 0 aliphatic carbocycles. The van der Waals surface area contributed by atoms with Crippen LogP contribution in [-0.2, 0) is 15.6 Å². The maximum atomic E-state index is 11.5. The summed E-state index contributed by atoms with van der Waals surface area (Å²) in [7, 11) is 0. The topological polar surface area (TPSA) is 26.3 Å². The molecule has 2 nitrogen and oxygen atoms in total. The lowest BCUT2D eigenvalue weighted by atomic mass is 9.80. The third-order valence-electron chi connectivity index (χ3n) is 3.04. The molecular formula is C16H22Cl2O2. The van der Waals surface area contributed by atoms with E-state index in [2.05, 4.69) is 47.6 Å². The van der Waals surface area contributed by atoms with Crippen molar-refractivity contribution < 1.29 is 9.53 Å². The molecule has 4 heteroatoms. The summed E-state index contributed by atoms with van der Waals surface area (Å²) in [5.74, 6) is -0.276. The number of halogens is 2. The minimum Gasteiger partial charge on any atom is -0.424 e. The van der Waals surface area contributed by atoms with Crippen LogP contribution in [0.2, 0.25) is 5.02 Å². The molecule has 0 atom stereocenters. The number of alkyl halides is 1. The Morgan fingerprint density at radius 1 is 1.10 bits per heavy atom. The Bertz CT molecular complexity index is 508. The fourth-order valence-corrected chi connectivity index (χ4v) is 2.14. The zero-order valence-electron chi connectivity index (χ0n) is 12.9. The maximum Gasteiger partial charge on any atom is 0.326 e. The van der Waals surface area contributed by atoms with Crippen molar-refractivity contribution in [3.05, 3.63) is 28.3 Å². The van der Waals surface area contributed by atoms with Gasteiger partial charge in [-0.05, 0) is 22.5 Å². The van der Waals surface area contributed by atoms with E-state index in [-0.39, 0.29) is 16.7 Å². The Morgan fingerprint density at radius 3 is 2.05 bits per heavy atom. The molecule has 1 rings (SSSR count). The van der Waals surface area contributed by atoms with Crippen molar-refractivity contribution in [2.75, 3.05) is 5.88 Å². The van der Waals surface area contributed by atoms with Gasteiger partial charge in [0.1, 0.15) is 5.88 Å². The molecule has 0 N–H and O–H groups in total. The molecule has 0 spiro atoms. The largest absolute Gasteiger partial charge is 0.424 e. The molecule has 0 aliphatic rings. The van der Waals surface area contributed by atoms with Crippen molar-refractivity contribution in [3.8, 4) is 5.75 Å². The number of rotatable bonds is 2. The Labute approximate surface area is 131 Å². The molecule has 0 bridgehead atoms. The molecule has 0 heterocycles. The van der Waals surface area contributed by atoms with Crippen molar-refractivity contribution in [2.45, 2.75) is 52.4 Å². The molecule has 0 fully saturated rings. The third kappa shape index (κ3) is 4.13. The lowest BCUT2D eigenvalue weighted by Crippen LogP contribution is -2.20. The smallest absolute Gasteiger partial charge is 0.326 e. The van der Waals surface area contributed by atoms with Gasteiger partial charge >= 0.3 is 5.97 Å². The van der Waals surface area contributed by atoms with E-state index in [4.69, 9.17) is 27.9 Å². The second-order valence-corrected chi connectivity index (χ2v) is 7.62. The number of benzene rings is 1. The van der Waals surface area contributed by atoms with E-state index < -0.39 is 5.97 Å². The highest BCUT2D eigenvalue weighted by molar-refractivity contribution is 6.32. The predicted molar refractivity (Wildman–Crippen MR) is 85.2 cm³/mol. The van der Waals surface area contributed by atoms with E-state index in [9.17, 15) is 4.79 Å². The molecule has 112 valence electrons. The minimum absolute atomic E-state index is 0.0291. The Hall–Kier alpha value is -0.730. The van der Waals surface area contributed by atoms with Gasteiger partial charge in [0.25, 0.3) is 0 Å². The molecule has 0 radical (unpaired) electrons. The van der Waals surface area contributed by atoms with Crippen LogP contribution in [0, 0.1) is 0 Å². The first-order valence-electron chi connectivity index (χ1n) is 6.58. The highest BCUT2D eigenvalue weighted by atomic mass is 35.5. The van der Waals surface area contributed by atoms with Gasteiger partial charge in [0.15, 0.2) is 5.75 Å². The molecule has 1 aromatic carbocycles. The molecular weight excluding hydrogens is 295 g/mol. The normalized spacial score (nSPS) is 12.4. The van der Waals surface area contributed by atoms with E-state index in [1.165, 1.54) is 0 Å². The average molecular weight is 317 g/mol. The second-order valence-electron chi connectivity index (χ2n) is 6.94. The molecule has 0 saturated carbocycles. The molecule has 0 amide bonds. The Kier molecular flexibility index (Phi) is 5.15. The summed E-state index contributed by atoms with van der Waals surface area (Å²) in [6.45, 7) is 12.5. The maximum absolute atomic E-state index is 11.5. The number of hydrogen-bond acceptors (Lipinski definition) is 2. The first-order chi connectivity index (χ1) is 8.96. The zero-order valence-corrected chi connectivity index (χ0v) is 14.4. The van der Waals surface area contributed by atoms with Gasteiger partial charge in [-0.1, -0.05) is 59.2 Å². The summed E-state index contributed by atoms with van der Waals surface area (Å²) in [6, 6.07) is 3.91. The van der Waals surface area contributed by atoms with Crippen molar-refractivity contribution in [2.24, 2.45) is 0 Å². The van der Waals surface area contributed by atoms with Crippen molar-refractivity contribution in [1.29, 1.82) is 0 Å². The highest BCUT2D eigenvalue weighted by Crippen LogP contribution is 2.40. The standard InChI is InChI=1S/C16H22Cl2O2/c1-15(2,3)10-7-11(16(4,5)6)14(12(18)8-10)20-13(19)9-17/h7-8H,9H2,1-6H3. The summed E-state index contributed by atoms with van der Waals surface area (Å²) in [4.78, 5) is 11.5. The number of esters is 1. The van der Waals surface area contributed by atoms with Gasteiger partial charge in [0.05, 0.1) is 5.02 Å². The van der Waals surface area contributed by atoms with Crippen LogP contribution in [0.3, 0.4) is 0 Å². The number of ether oxygens (including phenoxy) is 1. The molecule has 0 unspecified atom stereocenters. The summed E-state index contributed by atoms with van der Waals surface area (Å²) in [5, 5.41) is 0.445. The quantitative estimate of drug-likeness (QED) is 0.432. The summed E-state index contributed by atoms with van der Waals surface area (Å²) >= 11 is 11.8. The molecule has 0 aromatic heterocycles. The van der Waals surface area contributed by atoms with Crippen LogP contribution in [-0.4, -0.2) is 11.8 Å². The number of hydrogen-bond donors (Lipinski definition) is 0. The Balaban J connectivity index is 3.47. The van der Waals surface area contributed by atoms with Gasteiger partial charge in [0, 0.05) is 5.56 Å². The third-order valence-corrected chi connectivity index (χ3v) is 3.54. The van der Waals surface area contributed by atoms with Crippen LogP contribution < -0.4 is 4.74 Å². The van der Waals surface area contributed by atoms with Crippen LogP contribution in [0.25, 0.3) is 0 Å². The van der Waals surface area contributed by atoms with Crippen molar-refractivity contribution in [1.82, 2.24) is 0 Å². The molecule has 0 aliphatic heterocycles. The first-order valence-corrected chi connectivity index (χ1v) is 7.49. The van der Waals surface area contributed by atoms with Crippen LogP contribution in [0.1, 0.15) is 52.7 Å². The fraction of sp³-hybridized carbons (Fsp3) is 0.562. The lowest BCUT2D eigenvalue weighted by molar-refractivity contribution is -0.131. The lowest BCUT2D eigenvalue weighted by Gasteiger charge is -2.27. The monoisotopic (exact) mass is 316 g/mol. The van der Waals surface area contributed by atoms with Gasteiger partial charge in [-0.25, -0.2) is 0 Å². The number of carbonyl (C=O) groups is 1. The Morgan fingerprint density at radius 2 is 1.65 bits per heavy atom. The summed E-state index contributed by atoms with van der Waals surface area (Å²) in [6.07, 6.45) is 0. The van der Waals surface area contributed by atoms with E-state index in [1.807, 2.05) is 6.07 Å². The van der Waals surface area contributed by atoms with Gasteiger partial charge in [0.2, 0.25) is 0 Å². The average Bonchev–Trinajstić information content (AvgIpc) is 2.28. The van der Waals surface area contributed by atoms with E-state index in [0.717, 1.165) is 11.1 Å². The summed E-state index contributed by atoms with van der Waals surface area (Å²) < 4.78 is 5.32. The molecule has 1 aromatic rings. The SMILES string of the molecule is CC(C)(C)c1cc(Cl)c(OC(=O)CCl)c(C(C)(C)C)c1. The minimum atomic E-state index is -0.498. The van der Waals surface area contributed by atoms with Gasteiger partial charge in [-0.15, -0.1) is 11.6 Å². The van der Waals surface area contributed by atoms with Crippen LogP contribution in [0.5, 0.6) is 5.75 Å². The van der Waals surface area contributed by atoms with Gasteiger partial charge in [-0.2, -0.15) is 0 Å². The fourth-order valence-electron chi connectivity index (χ4n) is 1.83. The van der Waals surface area contributed by atoms with Crippen LogP contribution >= 0.6 is 23.2 Å². The van der Waals surface area contributed by atoms with Gasteiger partial charge in [-0.3, -0.25) is 4.79 Å². The van der Waals surface area contributed by atoms with Crippen molar-refractivity contribution >= 4 is 29.2 Å². The summed E-state index contributed by atoms with van der Waals surface area (Å²) in [5.41, 5.74) is 1.80. The molecule has 20 heavy (non-hydrogen) atoms. The van der Waals surface area contributed by atoms with Crippen molar-refractivity contribution in [3.63, 3.8) is 0 Å². The van der Waals surface area contributed by atoms with Crippen LogP contribution in [0.4, 0.5) is 0 Å². The number of carbonyl (C=O) groups excluding carboxylic acids is 1. The first kappa shape index (κ1) is 17.3. The zero-order chi connectivity index (χ0) is 15.7. The molecule has 0 saturated heterocycles. The van der Waals surface area contributed by atoms with E-state index in [1.54, 1.807) is 0 Å². The predicted octanol–water partition coefficient (Wildman–Crippen LogP) is 5.08. The van der Waals surface area contributed by atoms with Gasteiger partial charge < -0.3 is 4.74 Å².